The SMILES string of the molecule is CC(C)(C)[Si](C)(C)OCCCCc1ccc2ccc(-c3cc[nH]n3)cc2[n+]1O. The second kappa shape index (κ2) is 8.05. The van der Waals surface area contributed by atoms with Gasteiger partial charge in [0.05, 0.1) is 11.1 Å². The van der Waals surface area contributed by atoms with E-state index in [1.54, 1.807) is 6.20 Å². The highest BCUT2D eigenvalue weighted by molar-refractivity contribution is 6.74. The van der Waals surface area contributed by atoms with Crippen molar-refractivity contribution in [2.75, 3.05) is 6.61 Å². The van der Waals surface area contributed by atoms with Crippen molar-refractivity contribution in [3.8, 4) is 11.3 Å². The van der Waals surface area contributed by atoms with Gasteiger partial charge in [0.2, 0.25) is 5.69 Å². The molecule has 150 valence electrons. The minimum atomic E-state index is -1.68. The van der Waals surface area contributed by atoms with Gasteiger partial charge in [-0.1, -0.05) is 26.8 Å². The summed E-state index contributed by atoms with van der Waals surface area (Å²) in [5, 5.41) is 19.0. The predicted octanol–water partition coefficient (Wildman–Crippen LogP) is 5.10. The largest absolute Gasteiger partial charge is 0.417 e. The average Bonchev–Trinajstić information content (AvgIpc) is 3.16. The summed E-state index contributed by atoms with van der Waals surface area (Å²) in [6.07, 6.45) is 4.60. The van der Waals surface area contributed by atoms with Gasteiger partial charge in [-0.2, -0.15) is 5.10 Å². The topological polar surface area (TPSA) is 62.0 Å². The minimum Gasteiger partial charge on any atom is -0.417 e. The van der Waals surface area contributed by atoms with E-state index in [1.807, 2.05) is 30.3 Å². The molecule has 0 atom stereocenters. The number of aromatic amines is 1. The number of H-pyrrole nitrogens is 1. The van der Waals surface area contributed by atoms with Gasteiger partial charge >= 0.3 is 0 Å². The van der Waals surface area contributed by atoms with Crippen molar-refractivity contribution in [1.82, 2.24) is 10.2 Å². The molecule has 2 N–H and O–H groups in total. The Balaban J connectivity index is 1.64. The third-order valence-electron chi connectivity index (χ3n) is 5.88. The van der Waals surface area contributed by atoms with Crippen LogP contribution in [0.25, 0.3) is 22.2 Å². The first-order chi connectivity index (χ1) is 13.2. The van der Waals surface area contributed by atoms with E-state index < -0.39 is 8.32 Å². The highest BCUT2D eigenvalue weighted by Gasteiger charge is 2.36. The van der Waals surface area contributed by atoms with E-state index in [-0.39, 0.29) is 5.04 Å². The summed E-state index contributed by atoms with van der Waals surface area (Å²) in [7, 11) is -1.68. The normalized spacial score (nSPS) is 12.6. The zero-order valence-electron chi connectivity index (χ0n) is 17.6. The van der Waals surface area contributed by atoms with Gasteiger partial charge in [0.25, 0.3) is 5.52 Å². The summed E-state index contributed by atoms with van der Waals surface area (Å²) < 4.78 is 7.57. The molecule has 5 nitrogen and oxygen atoms in total. The highest BCUT2D eigenvalue weighted by Crippen LogP contribution is 2.36. The number of nitrogens with zero attached hydrogens (tertiary/aromatic N) is 2. The van der Waals surface area contributed by atoms with Gasteiger partial charge in [-0.25, -0.2) is 0 Å². The number of aromatic nitrogens is 3. The van der Waals surface area contributed by atoms with E-state index in [0.717, 1.165) is 53.7 Å². The number of pyridine rings is 1. The molecular weight excluding hydrogens is 366 g/mol. The number of benzene rings is 1. The van der Waals surface area contributed by atoms with Gasteiger partial charge in [-0.3, -0.25) is 10.3 Å². The van der Waals surface area contributed by atoms with Gasteiger partial charge < -0.3 is 4.43 Å². The van der Waals surface area contributed by atoms with Crippen molar-refractivity contribution in [3.63, 3.8) is 0 Å². The summed E-state index contributed by atoms with van der Waals surface area (Å²) in [6, 6.07) is 12.0. The van der Waals surface area contributed by atoms with Crippen LogP contribution in [0.4, 0.5) is 0 Å². The van der Waals surface area contributed by atoms with Crippen LogP contribution in [-0.4, -0.2) is 30.3 Å². The summed E-state index contributed by atoms with van der Waals surface area (Å²) >= 11 is 0. The number of fused-ring (bicyclic) bond motifs is 1. The van der Waals surface area contributed by atoms with Crippen molar-refractivity contribution in [2.24, 2.45) is 0 Å². The molecule has 3 aromatic rings. The first kappa shape index (κ1) is 20.5. The van der Waals surface area contributed by atoms with Crippen LogP contribution in [0.15, 0.2) is 42.6 Å². The summed E-state index contributed by atoms with van der Waals surface area (Å²) in [5.41, 5.74) is 3.57. The molecule has 2 aromatic heterocycles. The maximum Gasteiger partial charge on any atom is 0.265 e. The highest BCUT2D eigenvalue weighted by atomic mass is 28.4. The van der Waals surface area contributed by atoms with Crippen molar-refractivity contribution in [3.05, 3.63) is 48.3 Å². The Morgan fingerprint density at radius 2 is 1.86 bits per heavy atom. The maximum atomic E-state index is 10.7. The van der Waals surface area contributed by atoms with Crippen LogP contribution in [0.3, 0.4) is 0 Å². The molecule has 0 aliphatic heterocycles. The van der Waals surface area contributed by atoms with E-state index in [2.05, 4.69) is 50.1 Å². The molecule has 0 unspecified atom stereocenters. The minimum absolute atomic E-state index is 0.242. The fourth-order valence-corrected chi connectivity index (χ4v) is 4.09. The van der Waals surface area contributed by atoms with Crippen LogP contribution in [0.1, 0.15) is 39.3 Å². The van der Waals surface area contributed by atoms with Crippen LogP contribution in [0, 0.1) is 0 Å². The molecule has 2 heterocycles. The number of aryl methyl sites for hydroxylation is 1. The molecule has 6 heteroatoms. The Morgan fingerprint density at radius 1 is 1.11 bits per heavy atom. The maximum absolute atomic E-state index is 10.7. The Hall–Kier alpha value is -2.18. The smallest absolute Gasteiger partial charge is 0.265 e. The molecule has 0 saturated carbocycles. The molecule has 0 spiro atoms. The lowest BCUT2D eigenvalue weighted by atomic mass is 10.1. The predicted molar refractivity (Wildman–Crippen MR) is 115 cm³/mol. The lowest BCUT2D eigenvalue weighted by Gasteiger charge is -2.36. The Bertz CT molecular complexity index is 931. The van der Waals surface area contributed by atoms with E-state index in [0.29, 0.717) is 0 Å². The standard InChI is InChI=1S/C22H31N3O2Si/c1-22(2,3)28(4,5)27-15-7-6-8-19-12-11-17-9-10-18(16-21(17)25(19)26)20-13-14-23-24-20/h9-14,16,26H,6-8,15H2,1-5H3/p+1. The molecule has 0 fully saturated rings. The lowest BCUT2D eigenvalue weighted by Crippen LogP contribution is -2.41. The van der Waals surface area contributed by atoms with Crippen LogP contribution in [-0.2, 0) is 10.8 Å². The fraction of sp³-hybridized carbons (Fsp3) is 0.455. The molecule has 1 aromatic carbocycles. The zero-order valence-corrected chi connectivity index (χ0v) is 18.6. The number of hydrogen-bond donors (Lipinski definition) is 2. The molecule has 0 bridgehead atoms. The van der Waals surface area contributed by atoms with E-state index >= 15 is 0 Å². The fourth-order valence-electron chi connectivity index (χ4n) is 3.00. The molecule has 0 radical (unpaired) electrons. The summed E-state index contributed by atoms with van der Waals surface area (Å²) in [6.45, 7) is 12.2. The Labute approximate surface area is 168 Å². The van der Waals surface area contributed by atoms with E-state index in [4.69, 9.17) is 4.43 Å². The van der Waals surface area contributed by atoms with Crippen LogP contribution < -0.4 is 4.73 Å². The zero-order chi connectivity index (χ0) is 20.4. The van der Waals surface area contributed by atoms with E-state index in [1.165, 1.54) is 4.73 Å². The van der Waals surface area contributed by atoms with Gasteiger partial charge in [0.15, 0.2) is 8.32 Å². The first-order valence-electron chi connectivity index (χ1n) is 10.0. The molecule has 0 aliphatic rings. The molecule has 3 rings (SSSR count). The summed E-state index contributed by atoms with van der Waals surface area (Å²) in [5.74, 6) is 0. The Morgan fingerprint density at radius 3 is 2.54 bits per heavy atom. The monoisotopic (exact) mass is 398 g/mol. The van der Waals surface area contributed by atoms with E-state index in [9.17, 15) is 5.21 Å². The van der Waals surface area contributed by atoms with Crippen molar-refractivity contribution in [2.45, 2.75) is 58.2 Å². The molecule has 0 amide bonds. The first-order valence-corrected chi connectivity index (χ1v) is 12.9. The molecular formula is C22H32N3O2Si+. The molecule has 0 aliphatic carbocycles. The number of nitrogens with one attached hydrogen (secondary N) is 1. The lowest BCUT2D eigenvalue weighted by molar-refractivity contribution is -0.889. The number of rotatable bonds is 7. The average molecular weight is 399 g/mol. The van der Waals surface area contributed by atoms with Crippen molar-refractivity contribution in [1.29, 1.82) is 0 Å². The third-order valence-corrected chi connectivity index (χ3v) is 10.4. The van der Waals surface area contributed by atoms with Crippen molar-refractivity contribution >= 4 is 19.2 Å². The van der Waals surface area contributed by atoms with Gasteiger partial charge in [0.1, 0.15) is 0 Å². The quantitative estimate of drug-likeness (QED) is 0.252. The van der Waals surface area contributed by atoms with Crippen LogP contribution >= 0.6 is 0 Å². The van der Waals surface area contributed by atoms with Crippen LogP contribution in [0.2, 0.25) is 18.1 Å². The van der Waals surface area contributed by atoms with Crippen LogP contribution in [0.5, 0.6) is 0 Å². The van der Waals surface area contributed by atoms with Gasteiger partial charge in [0, 0.05) is 41.7 Å². The van der Waals surface area contributed by atoms with Gasteiger partial charge in [-0.05, 0) is 49.2 Å². The van der Waals surface area contributed by atoms with Crippen molar-refractivity contribution < 1.29 is 14.4 Å². The van der Waals surface area contributed by atoms with Gasteiger partial charge in [-0.15, -0.1) is 0 Å². The number of hydrogen-bond acceptors (Lipinski definition) is 3. The molecule has 0 saturated heterocycles. The third kappa shape index (κ3) is 4.44. The second-order valence-corrected chi connectivity index (χ2v) is 13.7. The Kier molecular flexibility index (Phi) is 5.91. The summed E-state index contributed by atoms with van der Waals surface area (Å²) in [4.78, 5) is 0. The second-order valence-electron chi connectivity index (χ2n) is 8.94. The number of unbranched alkanes of at least 4 members (excludes halogenated alkanes) is 1. The molecule has 28 heavy (non-hydrogen) atoms.